The standard InChI is InChI=1S/C17H10ClF3N4S2/c18-13-6-12-14(25-24-13)27-15(23-16(12)3-4-16)26-8-9-1-2-11(17(19,20)21)5-10(9)7-22/h1-2,5-6H,3-4,8H2. The van der Waals surface area contributed by atoms with Crippen LogP contribution in [0, 0.1) is 11.3 Å². The third-order valence-corrected chi connectivity index (χ3v) is 6.70. The van der Waals surface area contributed by atoms with Gasteiger partial charge in [-0.2, -0.15) is 18.4 Å². The monoisotopic (exact) mass is 426 g/mol. The average molecular weight is 427 g/mol. The molecule has 10 heteroatoms. The Bertz CT molecular complexity index is 997. The van der Waals surface area contributed by atoms with Crippen molar-refractivity contribution < 1.29 is 13.2 Å². The summed E-state index contributed by atoms with van der Waals surface area (Å²) in [5, 5.41) is 18.3. The van der Waals surface area contributed by atoms with Crippen LogP contribution in [0.25, 0.3) is 0 Å². The number of halogens is 4. The van der Waals surface area contributed by atoms with E-state index in [1.165, 1.54) is 29.6 Å². The number of rotatable bonds is 2. The molecule has 1 aliphatic heterocycles. The van der Waals surface area contributed by atoms with Gasteiger partial charge in [0.2, 0.25) is 0 Å². The number of benzene rings is 1. The van der Waals surface area contributed by atoms with Gasteiger partial charge >= 0.3 is 6.18 Å². The van der Waals surface area contributed by atoms with Crippen LogP contribution in [0.15, 0.2) is 34.3 Å². The summed E-state index contributed by atoms with van der Waals surface area (Å²) in [4.78, 5) is 4.79. The number of fused-ring (bicyclic) bond motifs is 2. The molecule has 1 saturated carbocycles. The van der Waals surface area contributed by atoms with Gasteiger partial charge in [-0.15, -0.1) is 10.2 Å². The SMILES string of the molecule is N#Cc1cc(C(F)(F)F)ccc1CSC1=NC2(CC2)c2cc(Cl)nnc2S1. The first-order valence-electron chi connectivity index (χ1n) is 7.85. The van der Waals surface area contributed by atoms with Crippen molar-refractivity contribution in [3.05, 3.63) is 51.7 Å². The number of aromatic nitrogens is 2. The lowest BCUT2D eigenvalue weighted by Gasteiger charge is -2.21. The second-order valence-corrected chi connectivity index (χ2v) is 8.75. The molecule has 0 N–H and O–H groups in total. The third kappa shape index (κ3) is 3.66. The predicted molar refractivity (Wildman–Crippen MR) is 98.7 cm³/mol. The third-order valence-electron chi connectivity index (χ3n) is 4.35. The summed E-state index contributed by atoms with van der Waals surface area (Å²) >= 11 is 8.69. The molecule has 0 radical (unpaired) electrons. The molecule has 1 spiro atoms. The van der Waals surface area contributed by atoms with Gasteiger partial charge in [0.25, 0.3) is 0 Å². The van der Waals surface area contributed by atoms with Crippen molar-refractivity contribution in [3.8, 4) is 6.07 Å². The topological polar surface area (TPSA) is 61.9 Å². The molecule has 2 heterocycles. The van der Waals surface area contributed by atoms with Crippen LogP contribution in [-0.2, 0) is 17.5 Å². The lowest BCUT2D eigenvalue weighted by Crippen LogP contribution is -2.14. The highest BCUT2D eigenvalue weighted by molar-refractivity contribution is 8.38. The first kappa shape index (κ1) is 18.6. The van der Waals surface area contributed by atoms with E-state index in [2.05, 4.69) is 10.2 Å². The van der Waals surface area contributed by atoms with Crippen molar-refractivity contribution >= 4 is 39.5 Å². The molecule has 1 aromatic heterocycles. The molecule has 0 bridgehead atoms. The Morgan fingerprint density at radius 1 is 1.26 bits per heavy atom. The van der Waals surface area contributed by atoms with Gasteiger partial charge in [0.15, 0.2) is 5.15 Å². The molecule has 1 aromatic carbocycles. The van der Waals surface area contributed by atoms with E-state index in [1.54, 1.807) is 6.07 Å². The molecule has 2 aliphatic rings. The number of nitrogens with zero attached hydrogens (tertiary/aromatic N) is 4. The zero-order chi connectivity index (χ0) is 19.2. The first-order chi connectivity index (χ1) is 12.8. The van der Waals surface area contributed by atoms with Gasteiger partial charge in [-0.3, -0.25) is 4.99 Å². The molecule has 4 rings (SSSR count). The Labute approximate surface area is 166 Å². The van der Waals surface area contributed by atoms with Gasteiger partial charge in [-0.25, -0.2) is 0 Å². The maximum Gasteiger partial charge on any atom is 0.416 e. The van der Waals surface area contributed by atoms with Crippen molar-refractivity contribution in [1.29, 1.82) is 5.26 Å². The minimum atomic E-state index is -4.47. The fourth-order valence-electron chi connectivity index (χ4n) is 2.79. The van der Waals surface area contributed by atoms with E-state index in [0.29, 0.717) is 16.5 Å². The minimum absolute atomic E-state index is 0.0202. The van der Waals surface area contributed by atoms with Crippen LogP contribution >= 0.6 is 35.1 Å². The molecule has 1 aliphatic carbocycles. The second-order valence-electron chi connectivity index (χ2n) is 6.17. The number of hydrogen-bond acceptors (Lipinski definition) is 6. The minimum Gasteiger partial charge on any atom is -0.260 e. The van der Waals surface area contributed by atoms with Gasteiger partial charge in [0.05, 0.1) is 22.7 Å². The lowest BCUT2D eigenvalue weighted by atomic mass is 10.1. The average Bonchev–Trinajstić information content (AvgIpc) is 3.39. The van der Waals surface area contributed by atoms with Crippen molar-refractivity contribution in [2.24, 2.45) is 4.99 Å². The molecule has 4 nitrogen and oxygen atoms in total. The Morgan fingerprint density at radius 3 is 2.70 bits per heavy atom. The van der Waals surface area contributed by atoms with Crippen molar-refractivity contribution in [3.63, 3.8) is 0 Å². The number of thioether (sulfide) groups is 2. The molecule has 0 saturated heterocycles. The van der Waals surface area contributed by atoms with Crippen LogP contribution in [0.2, 0.25) is 5.15 Å². The van der Waals surface area contributed by atoms with Gasteiger partial charge in [0.1, 0.15) is 9.40 Å². The first-order valence-corrected chi connectivity index (χ1v) is 10.0. The zero-order valence-electron chi connectivity index (χ0n) is 13.5. The lowest BCUT2D eigenvalue weighted by molar-refractivity contribution is -0.137. The Kier molecular flexibility index (Phi) is 4.61. The highest BCUT2D eigenvalue weighted by atomic mass is 35.5. The van der Waals surface area contributed by atoms with E-state index in [1.807, 2.05) is 6.07 Å². The summed E-state index contributed by atoms with van der Waals surface area (Å²) in [6.45, 7) is 0. The van der Waals surface area contributed by atoms with Crippen molar-refractivity contribution in [1.82, 2.24) is 10.2 Å². The summed E-state index contributed by atoms with van der Waals surface area (Å²) in [5.74, 6) is 0.347. The van der Waals surface area contributed by atoms with Gasteiger partial charge in [0, 0.05) is 11.3 Å². The van der Waals surface area contributed by atoms with E-state index >= 15 is 0 Å². The molecule has 138 valence electrons. The van der Waals surface area contributed by atoms with Crippen LogP contribution in [0.4, 0.5) is 13.2 Å². The van der Waals surface area contributed by atoms with Gasteiger partial charge in [-0.1, -0.05) is 29.4 Å². The molecule has 27 heavy (non-hydrogen) atoms. The smallest absolute Gasteiger partial charge is 0.260 e. The summed E-state index contributed by atoms with van der Waals surface area (Å²) < 4.78 is 39.2. The predicted octanol–water partition coefficient (Wildman–Crippen LogP) is 5.40. The Hall–Kier alpha value is -1.76. The highest BCUT2D eigenvalue weighted by Gasteiger charge is 2.49. The fraction of sp³-hybridized carbons (Fsp3) is 0.294. The van der Waals surface area contributed by atoms with Crippen LogP contribution in [0.5, 0.6) is 0 Å². The Balaban J connectivity index is 1.54. The Morgan fingerprint density at radius 2 is 2.04 bits per heavy atom. The van der Waals surface area contributed by atoms with Crippen LogP contribution in [-0.4, -0.2) is 14.6 Å². The molecular formula is C17H10ClF3N4S2. The summed E-state index contributed by atoms with van der Waals surface area (Å²) in [6.07, 6.45) is -2.67. The maximum absolute atomic E-state index is 12.8. The van der Waals surface area contributed by atoms with E-state index in [4.69, 9.17) is 16.6 Å². The zero-order valence-corrected chi connectivity index (χ0v) is 15.9. The quantitative estimate of drug-likeness (QED) is 0.643. The van der Waals surface area contributed by atoms with Crippen molar-refractivity contribution in [2.75, 3.05) is 0 Å². The molecule has 0 amide bonds. The number of alkyl halides is 3. The van der Waals surface area contributed by atoms with Crippen molar-refractivity contribution in [2.45, 2.75) is 35.3 Å². The maximum atomic E-state index is 12.8. The molecule has 0 atom stereocenters. The summed E-state index contributed by atoms with van der Waals surface area (Å²) in [5.41, 5.74) is 0.406. The molecule has 0 unspecified atom stereocenters. The van der Waals surface area contributed by atoms with Crippen LogP contribution in [0.3, 0.4) is 0 Å². The van der Waals surface area contributed by atoms with Gasteiger partial charge in [-0.05, 0) is 48.4 Å². The van der Waals surface area contributed by atoms with Crippen LogP contribution in [0.1, 0.15) is 35.1 Å². The van der Waals surface area contributed by atoms with E-state index in [-0.39, 0.29) is 11.1 Å². The van der Waals surface area contributed by atoms with E-state index < -0.39 is 11.7 Å². The van der Waals surface area contributed by atoms with E-state index in [0.717, 1.165) is 39.9 Å². The summed E-state index contributed by atoms with van der Waals surface area (Å²) in [6, 6.07) is 6.87. The normalized spacial score (nSPS) is 17.2. The second kappa shape index (κ2) is 6.69. The van der Waals surface area contributed by atoms with Gasteiger partial charge < -0.3 is 0 Å². The number of aliphatic imine (C=N–C) groups is 1. The van der Waals surface area contributed by atoms with Crippen LogP contribution < -0.4 is 0 Å². The number of nitriles is 1. The largest absolute Gasteiger partial charge is 0.416 e. The summed E-state index contributed by atoms with van der Waals surface area (Å²) in [7, 11) is 0. The van der Waals surface area contributed by atoms with E-state index in [9.17, 15) is 18.4 Å². The highest BCUT2D eigenvalue weighted by Crippen LogP contribution is 2.56. The molecule has 2 aromatic rings. The fourth-order valence-corrected chi connectivity index (χ4v) is 5.18. The number of hydrogen-bond donors (Lipinski definition) is 0. The molecule has 1 fully saturated rings. The molecular weight excluding hydrogens is 417 g/mol.